The molecule has 0 aromatic heterocycles. The van der Waals surface area contributed by atoms with Crippen molar-refractivity contribution < 1.29 is 4.79 Å². The lowest BCUT2D eigenvalue weighted by atomic mass is 9.84. The molecule has 1 aromatic carbocycles. The van der Waals surface area contributed by atoms with Crippen molar-refractivity contribution in [2.75, 3.05) is 11.6 Å². The van der Waals surface area contributed by atoms with Crippen LogP contribution in [-0.2, 0) is 5.41 Å². The summed E-state index contributed by atoms with van der Waals surface area (Å²) >= 11 is 1.20. The third kappa shape index (κ3) is 3.01. The van der Waals surface area contributed by atoms with Gasteiger partial charge in [0.2, 0.25) is 0 Å². The Hall–Kier alpha value is -0.960. The highest BCUT2D eigenvalue weighted by molar-refractivity contribution is 8.13. The number of carbonyl (C=O) groups is 1. The third-order valence-corrected chi connectivity index (χ3v) is 2.97. The summed E-state index contributed by atoms with van der Waals surface area (Å²) in [7, 11) is 0. The van der Waals surface area contributed by atoms with E-state index >= 15 is 0 Å². The Morgan fingerprint density at radius 2 is 1.94 bits per heavy atom. The van der Waals surface area contributed by atoms with Gasteiger partial charge in [0.1, 0.15) is 0 Å². The van der Waals surface area contributed by atoms with E-state index in [2.05, 4.69) is 32.2 Å². The molecule has 3 heteroatoms. The number of rotatable bonds is 1. The van der Waals surface area contributed by atoms with E-state index in [-0.39, 0.29) is 10.7 Å². The Morgan fingerprint density at radius 1 is 1.31 bits per heavy atom. The molecule has 2 nitrogen and oxygen atoms in total. The van der Waals surface area contributed by atoms with Crippen molar-refractivity contribution in [1.29, 1.82) is 0 Å². The number of hydrogen-bond acceptors (Lipinski definition) is 2. The number of amides is 1. The Kier molecular flexibility index (Phi) is 4.03. The van der Waals surface area contributed by atoms with E-state index in [1.807, 2.05) is 19.1 Å². The summed E-state index contributed by atoms with van der Waals surface area (Å²) in [5, 5.41) is 2.94. The van der Waals surface area contributed by atoms with Gasteiger partial charge < -0.3 is 5.32 Å². The fraction of sp³-hybridized carbons (Fsp3) is 0.462. The number of anilines is 1. The second-order valence-electron chi connectivity index (χ2n) is 4.86. The quantitative estimate of drug-likeness (QED) is 0.793. The van der Waals surface area contributed by atoms with Gasteiger partial charge in [0.05, 0.1) is 0 Å². The van der Waals surface area contributed by atoms with Crippen LogP contribution in [0.4, 0.5) is 10.5 Å². The van der Waals surface area contributed by atoms with Crippen molar-refractivity contribution in [3.8, 4) is 0 Å². The first-order valence-electron chi connectivity index (χ1n) is 5.31. The predicted molar refractivity (Wildman–Crippen MR) is 72.4 cm³/mol. The molecule has 1 rings (SSSR count). The molecule has 0 aliphatic carbocycles. The van der Waals surface area contributed by atoms with Crippen molar-refractivity contribution in [3.05, 3.63) is 29.3 Å². The lowest BCUT2D eigenvalue weighted by molar-refractivity contribution is 0.270. The number of para-hydroxylation sites is 1. The third-order valence-electron chi connectivity index (χ3n) is 2.49. The summed E-state index contributed by atoms with van der Waals surface area (Å²) in [4.78, 5) is 11.5. The van der Waals surface area contributed by atoms with Crippen LogP contribution in [-0.4, -0.2) is 11.5 Å². The van der Waals surface area contributed by atoms with Crippen LogP contribution in [0.15, 0.2) is 18.2 Å². The zero-order valence-corrected chi connectivity index (χ0v) is 11.4. The first kappa shape index (κ1) is 13.1. The smallest absolute Gasteiger partial charge is 0.283 e. The van der Waals surface area contributed by atoms with Crippen molar-refractivity contribution in [1.82, 2.24) is 0 Å². The van der Waals surface area contributed by atoms with Gasteiger partial charge in [0.15, 0.2) is 0 Å². The van der Waals surface area contributed by atoms with Crippen LogP contribution in [0.1, 0.15) is 31.9 Å². The highest BCUT2D eigenvalue weighted by atomic mass is 32.2. The van der Waals surface area contributed by atoms with Crippen molar-refractivity contribution in [2.24, 2.45) is 0 Å². The average Bonchev–Trinajstić information content (AvgIpc) is 2.19. The van der Waals surface area contributed by atoms with Gasteiger partial charge in [-0.05, 0) is 29.7 Å². The van der Waals surface area contributed by atoms with Crippen LogP contribution >= 0.6 is 11.8 Å². The number of aryl methyl sites for hydroxylation is 1. The molecule has 0 bridgehead atoms. The van der Waals surface area contributed by atoms with Gasteiger partial charge in [0, 0.05) is 5.69 Å². The number of thioether (sulfide) groups is 1. The van der Waals surface area contributed by atoms with E-state index in [1.165, 1.54) is 17.3 Å². The highest BCUT2D eigenvalue weighted by Gasteiger charge is 2.19. The van der Waals surface area contributed by atoms with Crippen molar-refractivity contribution in [2.45, 2.75) is 33.1 Å². The van der Waals surface area contributed by atoms with E-state index in [1.54, 1.807) is 6.26 Å². The molecular formula is C13H19NOS. The maximum absolute atomic E-state index is 11.5. The lowest BCUT2D eigenvalue weighted by Gasteiger charge is -2.24. The molecule has 0 atom stereocenters. The van der Waals surface area contributed by atoms with Crippen molar-refractivity contribution >= 4 is 22.7 Å². The van der Waals surface area contributed by atoms with Gasteiger partial charge in [-0.1, -0.05) is 50.7 Å². The summed E-state index contributed by atoms with van der Waals surface area (Å²) in [6.07, 6.45) is 1.78. The molecule has 0 aliphatic rings. The second-order valence-corrected chi connectivity index (χ2v) is 5.64. The number of hydrogen-bond donors (Lipinski definition) is 1. The summed E-state index contributed by atoms with van der Waals surface area (Å²) in [6.45, 7) is 8.47. The largest absolute Gasteiger partial charge is 0.316 e. The molecule has 1 aromatic rings. The molecule has 0 unspecified atom stereocenters. The monoisotopic (exact) mass is 237 g/mol. The van der Waals surface area contributed by atoms with Crippen LogP contribution in [0.2, 0.25) is 0 Å². The van der Waals surface area contributed by atoms with Gasteiger partial charge in [0.25, 0.3) is 5.24 Å². The highest BCUT2D eigenvalue weighted by Crippen LogP contribution is 2.32. The van der Waals surface area contributed by atoms with E-state index in [0.717, 1.165) is 11.3 Å². The summed E-state index contributed by atoms with van der Waals surface area (Å²) in [5.41, 5.74) is 3.27. The van der Waals surface area contributed by atoms with Crippen LogP contribution in [0.5, 0.6) is 0 Å². The average molecular weight is 237 g/mol. The zero-order valence-electron chi connectivity index (χ0n) is 10.5. The Labute approximate surface area is 102 Å². The molecule has 0 saturated heterocycles. The Balaban J connectivity index is 3.19. The molecule has 88 valence electrons. The first-order valence-corrected chi connectivity index (χ1v) is 6.54. The number of benzene rings is 1. The fourth-order valence-corrected chi connectivity index (χ4v) is 1.82. The number of nitrogens with one attached hydrogen (secondary N) is 1. The van der Waals surface area contributed by atoms with E-state index < -0.39 is 0 Å². The minimum atomic E-state index is -0.0141. The molecule has 0 saturated carbocycles. The van der Waals surface area contributed by atoms with E-state index in [4.69, 9.17) is 0 Å². The van der Waals surface area contributed by atoms with Gasteiger partial charge in [-0.25, -0.2) is 0 Å². The number of carbonyl (C=O) groups excluding carboxylic acids is 1. The minimum Gasteiger partial charge on any atom is -0.316 e. The van der Waals surface area contributed by atoms with Crippen LogP contribution in [0.25, 0.3) is 0 Å². The molecule has 0 fully saturated rings. The van der Waals surface area contributed by atoms with Gasteiger partial charge >= 0.3 is 0 Å². The molecule has 0 aliphatic heterocycles. The second kappa shape index (κ2) is 4.91. The van der Waals surface area contributed by atoms with Gasteiger partial charge in [-0.3, -0.25) is 4.79 Å². The maximum Gasteiger partial charge on any atom is 0.283 e. The topological polar surface area (TPSA) is 29.1 Å². The molecular weight excluding hydrogens is 218 g/mol. The van der Waals surface area contributed by atoms with E-state index in [9.17, 15) is 4.79 Å². The minimum absolute atomic E-state index is 0.0141. The van der Waals surface area contributed by atoms with Crippen molar-refractivity contribution in [3.63, 3.8) is 0 Å². The standard InChI is InChI=1S/C13H19NOS/c1-9-7-6-8-10(13(2,3)4)11(9)14-12(15)16-5/h6-8H,1-5H3,(H,14,15). The predicted octanol–water partition coefficient (Wildman–Crippen LogP) is 4.19. The van der Waals surface area contributed by atoms with Gasteiger partial charge in [-0.2, -0.15) is 0 Å². The fourth-order valence-electron chi connectivity index (χ4n) is 1.61. The lowest BCUT2D eigenvalue weighted by Crippen LogP contribution is -2.17. The molecule has 0 spiro atoms. The molecule has 1 N–H and O–H groups in total. The van der Waals surface area contributed by atoms with Gasteiger partial charge in [-0.15, -0.1) is 0 Å². The van der Waals surface area contributed by atoms with Crippen LogP contribution < -0.4 is 5.32 Å². The molecule has 0 heterocycles. The Morgan fingerprint density at radius 3 is 2.44 bits per heavy atom. The molecule has 16 heavy (non-hydrogen) atoms. The van der Waals surface area contributed by atoms with Crippen LogP contribution in [0, 0.1) is 6.92 Å². The van der Waals surface area contributed by atoms with E-state index in [0.29, 0.717) is 0 Å². The first-order chi connectivity index (χ1) is 7.36. The SMILES string of the molecule is CSC(=O)Nc1c(C)cccc1C(C)(C)C. The molecule has 1 amide bonds. The van der Waals surface area contributed by atoms with Crippen LogP contribution in [0.3, 0.4) is 0 Å². The summed E-state index contributed by atoms with van der Waals surface area (Å²) in [6, 6.07) is 6.12. The summed E-state index contributed by atoms with van der Waals surface area (Å²) < 4.78 is 0. The maximum atomic E-state index is 11.5. The zero-order chi connectivity index (χ0) is 12.3. The normalized spacial score (nSPS) is 11.3. The Bertz CT molecular complexity index is 393. The summed E-state index contributed by atoms with van der Waals surface area (Å²) in [5.74, 6) is 0. The molecule has 0 radical (unpaired) electrons.